The number of benzene rings is 2. The van der Waals surface area contributed by atoms with Gasteiger partial charge in [0.2, 0.25) is 5.91 Å². The molecular weight excluding hydrogens is 424 g/mol. The molecule has 1 saturated carbocycles. The van der Waals surface area contributed by atoms with Crippen molar-refractivity contribution in [2.45, 2.75) is 36.8 Å². The summed E-state index contributed by atoms with van der Waals surface area (Å²) < 4.78 is 11.1. The highest BCUT2D eigenvalue weighted by molar-refractivity contribution is 5.90. The van der Waals surface area contributed by atoms with Crippen molar-refractivity contribution in [3.8, 4) is 11.1 Å². The van der Waals surface area contributed by atoms with Gasteiger partial charge in [0, 0.05) is 12.5 Å². The summed E-state index contributed by atoms with van der Waals surface area (Å²) >= 11 is 0. The molecule has 0 spiro atoms. The number of rotatable bonds is 7. The van der Waals surface area contributed by atoms with Gasteiger partial charge in [-0.05, 0) is 41.5 Å². The second-order valence-corrected chi connectivity index (χ2v) is 8.97. The van der Waals surface area contributed by atoms with Crippen molar-refractivity contribution in [2.24, 2.45) is 5.92 Å². The normalized spacial score (nSPS) is 22.2. The summed E-state index contributed by atoms with van der Waals surface area (Å²) in [6.07, 6.45) is 0.478. The van der Waals surface area contributed by atoms with Crippen LogP contribution in [0.5, 0.6) is 0 Å². The molecule has 0 aromatic heterocycles. The average Bonchev–Trinajstić information content (AvgIpc) is 3.33. The van der Waals surface area contributed by atoms with Crippen molar-refractivity contribution in [1.29, 1.82) is 0 Å². The van der Waals surface area contributed by atoms with E-state index in [2.05, 4.69) is 34.9 Å². The molecule has 2 amide bonds. The molecule has 3 aliphatic rings. The SMILES string of the molecule is O=C(NC[C@@H]1C[C@H](C(=O)NC2(C(=O)O)CC2)CO1)OCC1c2ccccc2-c2ccccc21. The molecule has 8 heteroatoms. The molecule has 33 heavy (non-hydrogen) atoms. The third-order valence-electron chi connectivity index (χ3n) is 6.79. The number of carboxylic acids is 1. The molecule has 2 aromatic rings. The number of ether oxygens (including phenoxy) is 2. The van der Waals surface area contributed by atoms with E-state index >= 15 is 0 Å². The maximum absolute atomic E-state index is 12.4. The fourth-order valence-corrected chi connectivity index (χ4v) is 4.73. The lowest BCUT2D eigenvalue weighted by atomic mass is 9.98. The standard InChI is InChI=1S/C25H26N2O6/c28-22(27-25(9-10-25)23(29)30)15-11-16(32-13-15)12-26-24(31)33-14-21-19-7-3-1-5-17(19)18-6-2-4-8-20(18)21/h1-8,15-16,21H,9-14H2,(H,26,31)(H,27,28)(H,29,30)/t15-,16-/m0/s1. The van der Waals surface area contributed by atoms with E-state index in [1.54, 1.807) is 0 Å². The molecule has 2 fully saturated rings. The highest BCUT2D eigenvalue weighted by Crippen LogP contribution is 2.44. The van der Waals surface area contributed by atoms with Gasteiger partial charge in [-0.3, -0.25) is 4.79 Å². The topological polar surface area (TPSA) is 114 Å². The van der Waals surface area contributed by atoms with Crippen molar-refractivity contribution in [1.82, 2.24) is 10.6 Å². The monoisotopic (exact) mass is 450 g/mol. The van der Waals surface area contributed by atoms with E-state index in [9.17, 15) is 19.5 Å². The Labute approximate surface area is 191 Å². The van der Waals surface area contributed by atoms with E-state index in [1.807, 2.05) is 24.3 Å². The van der Waals surface area contributed by atoms with E-state index in [0.29, 0.717) is 19.3 Å². The van der Waals surface area contributed by atoms with Gasteiger partial charge in [0.1, 0.15) is 12.1 Å². The number of nitrogens with one attached hydrogen (secondary N) is 2. The number of alkyl carbamates (subject to hydrolysis) is 1. The van der Waals surface area contributed by atoms with Gasteiger partial charge < -0.3 is 25.2 Å². The lowest BCUT2D eigenvalue weighted by Crippen LogP contribution is -2.46. The number of hydrogen-bond acceptors (Lipinski definition) is 5. The van der Waals surface area contributed by atoms with Gasteiger partial charge in [-0.1, -0.05) is 48.5 Å². The van der Waals surface area contributed by atoms with Crippen molar-refractivity contribution in [2.75, 3.05) is 19.8 Å². The Morgan fingerprint density at radius 2 is 1.67 bits per heavy atom. The summed E-state index contributed by atoms with van der Waals surface area (Å²) in [5, 5.41) is 14.6. The summed E-state index contributed by atoms with van der Waals surface area (Å²) in [5.41, 5.74) is 3.53. The molecule has 0 radical (unpaired) electrons. The molecule has 0 bridgehead atoms. The summed E-state index contributed by atoms with van der Waals surface area (Å²) in [6.45, 7) is 0.663. The Morgan fingerprint density at radius 1 is 1.03 bits per heavy atom. The van der Waals surface area contributed by atoms with Crippen LogP contribution in [0.15, 0.2) is 48.5 Å². The minimum absolute atomic E-state index is 0.0112. The molecule has 1 aliphatic heterocycles. The van der Waals surface area contributed by atoms with Gasteiger partial charge in [-0.15, -0.1) is 0 Å². The minimum Gasteiger partial charge on any atom is -0.480 e. The minimum atomic E-state index is -1.10. The van der Waals surface area contributed by atoms with E-state index in [-0.39, 0.29) is 37.7 Å². The lowest BCUT2D eigenvalue weighted by molar-refractivity contribution is -0.143. The van der Waals surface area contributed by atoms with E-state index in [4.69, 9.17) is 9.47 Å². The van der Waals surface area contributed by atoms with Crippen LogP contribution in [0.1, 0.15) is 36.3 Å². The van der Waals surface area contributed by atoms with Crippen molar-refractivity contribution >= 4 is 18.0 Å². The molecule has 2 aliphatic carbocycles. The second kappa shape index (κ2) is 8.51. The van der Waals surface area contributed by atoms with Crippen LogP contribution in [0.3, 0.4) is 0 Å². The van der Waals surface area contributed by atoms with Crippen LogP contribution < -0.4 is 10.6 Å². The molecule has 0 unspecified atom stereocenters. The zero-order valence-electron chi connectivity index (χ0n) is 18.1. The van der Waals surface area contributed by atoms with Crippen molar-refractivity contribution in [3.05, 3.63) is 59.7 Å². The summed E-state index contributed by atoms with van der Waals surface area (Å²) in [6, 6.07) is 16.3. The van der Waals surface area contributed by atoms with E-state index in [0.717, 1.165) is 11.1 Å². The predicted octanol–water partition coefficient (Wildman–Crippen LogP) is 2.66. The van der Waals surface area contributed by atoms with Gasteiger partial charge in [0.05, 0.1) is 18.6 Å². The van der Waals surface area contributed by atoms with E-state index in [1.165, 1.54) is 11.1 Å². The van der Waals surface area contributed by atoms with Gasteiger partial charge in [0.15, 0.2) is 0 Å². The molecule has 5 rings (SSSR count). The molecule has 8 nitrogen and oxygen atoms in total. The van der Waals surface area contributed by atoms with Gasteiger partial charge in [-0.25, -0.2) is 9.59 Å². The number of fused-ring (bicyclic) bond motifs is 3. The number of amides is 2. The molecule has 172 valence electrons. The van der Waals surface area contributed by atoms with Gasteiger partial charge >= 0.3 is 12.1 Å². The van der Waals surface area contributed by atoms with Crippen molar-refractivity contribution < 1.29 is 29.0 Å². The molecule has 1 saturated heterocycles. The fraction of sp³-hybridized carbons (Fsp3) is 0.400. The molecular formula is C25H26N2O6. The first-order valence-corrected chi connectivity index (χ1v) is 11.2. The van der Waals surface area contributed by atoms with Crippen LogP contribution in [0.2, 0.25) is 0 Å². The quantitative estimate of drug-likeness (QED) is 0.598. The fourth-order valence-electron chi connectivity index (χ4n) is 4.73. The number of carboxylic acid groups (broad SMARTS) is 1. The lowest BCUT2D eigenvalue weighted by Gasteiger charge is -2.16. The Kier molecular flexibility index (Phi) is 5.54. The summed E-state index contributed by atoms with van der Waals surface area (Å²) in [7, 11) is 0. The van der Waals surface area contributed by atoms with E-state index < -0.39 is 23.5 Å². The largest absolute Gasteiger partial charge is 0.480 e. The molecule has 2 atom stereocenters. The Balaban J connectivity index is 1.10. The molecule has 2 aromatic carbocycles. The maximum Gasteiger partial charge on any atom is 0.407 e. The smallest absolute Gasteiger partial charge is 0.407 e. The Bertz CT molecular complexity index is 1050. The predicted molar refractivity (Wildman–Crippen MR) is 119 cm³/mol. The zero-order valence-corrected chi connectivity index (χ0v) is 18.1. The Hall–Kier alpha value is -3.39. The maximum atomic E-state index is 12.4. The number of aliphatic carboxylic acids is 1. The number of carbonyl (C=O) groups is 3. The Morgan fingerprint density at radius 3 is 2.27 bits per heavy atom. The molecule has 1 heterocycles. The second-order valence-electron chi connectivity index (χ2n) is 8.97. The average molecular weight is 450 g/mol. The van der Waals surface area contributed by atoms with Gasteiger partial charge in [0.25, 0.3) is 0 Å². The van der Waals surface area contributed by atoms with Crippen molar-refractivity contribution in [3.63, 3.8) is 0 Å². The first-order valence-electron chi connectivity index (χ1n) is 11.2. The van der Waals surface area contributed by atoms with Crippen LogP contribution >= 0.6 is 0 Å². The van der Waals surface area contributed by atoms with Crippen LogP contribution in [0.25, 0.3) is 11.1 Å². The number of hydrogen-bond donors (Lipinski definition) is 3. The third kappa shape index (κ3) is 4.18. The highest BCUT2D eigenvalue weighted by atomic mass is 16.5. The number of carbonyl (C=O) groups excluding carboxylic acids is 2. The van der Waals surface area contributed by atoms with Crippen LogP contribution in [0.4, 0.5) is 4.79 Å². The van der Waals surface area contributed by atoms with Crippen LogP contribution in [0, 0.1) is 5.92 Å². The van der Waals surface area contributed by atoms with Crippen LogP contribution in [-0.2, 0) is 19.1 Å². The summed E-state index contributed by atoms with van der Waals surface area (Å²) in [4.78, 5) is 36.0. The zero-order chi connectivity index (χ0) is 23.0. The highest BCUT2D eigenvalue weighted by Gasteiger charge is 2.52. The third-order valence-corrected chi connectivity index (χ3v) is 6.79. The van der Waals surface area contributed by atoms with Crippen LogP contribution in [-0.4, -0.2) is 54.5 Å². The first-order chi connectivity index (χ1) is 16.0. The first kappa shape index (κ1) is 21.5. The van der Waals surface area contributed by atoms with Gasteiger partial charge in [-0.2, -0.15) is 0 Å². The summed E-state index contributed by atoms with van der Waals surface area (Å²) in [5.74, 6) is -1.74. The molecule has 3 N–H and O–H groups in total.